The molecule has 0 heterocycles. The van der Waals surface area contributed by atoms with Crippen LogP contribution in [0.4, 0.5) is 4.79 Å². The van der Waals surface area contributed by atoms with Gasteiger partial charge in [0, 0.05) is 0 Å². The molecule has 0 aliphatic rings. The number of nitrogens with one attached hydrogen (secondary N) is 2. The summed E-state index contributed by atoms with van der Waals surface area (Å²) in [7, 11) is 3.27. The van der Waals surface area contributed by atoms with Gasteiger partial charge in [0.25, 0.3) is 0 Å². The van der Waals surface area contributed by atoms with Crippen LogP contribution in [0.25, 0.3) is 12.2 Å². The summed E-state index contributed by atoms with van der Waals surface area (Å²) in [4.78, 5) is 12.3. The molecule has 2 aromatic rings. The minimum Gasteiger partial charge on any atom is -0.497 e. The summed E-state index contributed by atoms with van der Waals surface area (Å²) < 4.78 is 10.4. The predicted octanol–water partition coefficient (Wildman–Crippen LogP) is 5.75. The van der Waals surface area contributed by atoms with E-state index in [1.54, 1.807) is 14.2 Å². The average Bonchev–Trinajstić information content (AvgIpc) is 2.84. The Morgan fingerprint density at radius 3 is 1.35 bits per heavy atom. The van der Waals surface area contributed by atoms with E-state index in [0.29, 0.717) is 0 Å². The van der Waals surface area contributed by atoms with Crippen LogP contribution in [0.5, 0.6) is 11.5 Å². The fourth-order valence-electron chi connectivity index (χ4n) is 2.77. The van der Waals surface area contributed by atoms with Gasteiger partial charge in [-0.2, -0.15) is 10.2 Å². The van der Waals surface area contributed by atoms with E-state index in [2.05, 4.69) is 21.1 Å². The third-order valence-corrected chi connectivity index (χ3v) is 4.88. The lowest BCUT2D eigenvalue weighted by molar-refractivity contribution is 0.241. The summed E-state index contributed by atoms with van der Waals surface area (Å²) in [6.45, 7) is 8.04. The highest BCUT2D eigenvalue weighted by molar-refractivity contribution is 6.01. The van der Waals surface area contributed by atoms with Crippen molar-refractivity contribution in [2.24, 2.45) is 22.0 Å². The van der Waals surface area contributed by atoms with Crippen molar-refractivity contribution < 1.29 is 14.3 Å². The monoisotopic (exact) mass is 462 g/mol. The number of hydrogen-bond donors (Lipinski definition) is 2. The zero-order valence-electron chi connectivity index (χ0n) is 20.7. The maximum Gasteiger partial charge on any atom is 0.355 e. The average molecular weight is 463 g/mol. The fourth-order valence-corrected chi connectivity index (χ4v) is 2.77. The standard InChI is InChI=1S/C27H34N4O3/c1-19(2)25(17-11-21-7-13-23(33-5)14-8-21)28-30-27(32)31-29-26(20(3)4)18-12-22-9-15-24(34-6)16-10-22/h7-20H,1-6H3,(H2,30,31,32)/b17-11+,18-12+,28-25+,29-26+. The second-order valence-electron chi connectivity index (χ2n) is 8.15. The normalized spacial score (nSPS) is 12.6. The molecular weight excluding hydrogens is 428 g/mol. The molecule has 0 saturated carbocycles. The van der Waals surface area contributed by atoms with Crippen molar-refractivity contribution in [3.8, 4) is 11.5 Å². The maximum absolute atomic E-state index is 12.3. The summed E-state index contributed by atoms with van der Waals surface area (Å²) in [5.74, 6) is 1.84. The molecule has 0 fully saturated rings. The first-order valence-electron chi connectivity index (χ1n) is 11.2. The quantitative estimate of drug-likeness (QED) is 0.348. The molecule has 2 N–H and O–H groups in total. The second-order valence-corrected chi connectivity index (χ2v) is 8.15. The molecular formula is C27H34N4O3. The van der Waals surface area contributed by atoms with Gasteiger partial charge in [-0.25, -0.2) is 15.6 Å². The third-order valence-electron chi connectivity index (χ3n) is 4.88. The van der Waals surface area contributed by atoms with E-state index in [0.717, 1.165) is 34.0 Å². The van der Waals surface area contributed by atoms with Gasteiger partial charge in [-0.3, -0.25) is 0 Å². The van der Waals surface area contributed by atoms with Gasteiger partial charge < -0.3 is 9.47 Å². The number of urea groups is 1. The van der Waals surface area contributed by atoms with Crippen LogP contribution in [-0.2, 0) is 0 Å². The van der Waals surface area contributed by atoms with Crippen LogP contribution in [0.3, 0.4) is 0 Å². The molecule has 0 spiro atoms. The molecule has 2 amide bonds. The highest BCUT2D eigenvalue weighted by Crippen LogP contribution is 2.14. The van der Waals surface area contributed by atoms with Crippen molar-refractivity contribution in [3.05, 3.63) is 71.8 Å². The van der Waals surface area contributed by atoms with Gasteiger partial charge in [0.2, 0.25) is 0 Å². The molecule has 180 valence electrons. The topological polar surface area (TPSA) is 84.3 Å². The zero-order valence-corrected chi connectivity index (χ0v) is 20.7. The van der Waals surface area contributed by atoms with Crippen molar-refractivity contribution in [2.45, 2.75) is 27.7 Å². The van der Waals surface area contributed by atoms with Gasteiger partial charge in [0.15, 0.2) is 0 Å². The van der Waals surface area contributed by atoms with Crippen molar-refractivity contribution >= 4 is 29.6 Å². The second kappa shape index (κ2) is 13.6. The van der Waals surface area contributed by atoms with Crippen LogP contribution >= 0.6 is 0 Å². The van der Waals surface area contributed by atoms with Crippen LogP contribution < -0.4 is 20.3 Å². The smallest absolute Gasteiger partial charge is 0.355 e. The Balaban J connectivity index is 2.01. The lowest BCUT2D eigenvalue weighted by Crippen LogP contribution is -2.31. The molecule has 0 unspecified atom stereocenters. The first kappa shape index (κ1) is 26.4. The van der Waals surface area contributed by atoms with Crippen molar-refractivity contribution in [2.75, 3.05) is 14.2 Å². The number of carbonyl (C=O) groups is 1. The number of carbonyl (C=O) groups excluding carboxylic acids is 1. The van der Waals surface area contributed by atoms with E-state index >= 15 is 0 Å². The molecule has 7 heteroatoms. The molecule has 7 nitrogen and oxygen atoms in total. The number of nitrogens with zero attached hydrogens (tertiary/aromatic N) is 2. The zero-order chi connectivity index (χ0) is 24.9. The maximum atomic E-state index is 12.3. The van der Waals surface area contributed by atoms with Gasteiger partial charge in [0.1, 0.15) is 11.5 Å². The van der Waals surface area contributed by atoms with Gasteiger partial charge in [0.05, 0.1) is 25.6 Å². The molecule has 0 atom stereocenters. The number of amides is 2. The predicted molar refractivity (Wildman–Crippen MR) is 140 cm³/mol. The van der Waals surface area contributed by atoms with Crippen LogP contribution in [0.1, 0.15) is 38.8 Å². The largest absolute Gasteiger partial charge is 0.497 e. The number of allylic oxidation sites excluding steroid dienone is 2. The first-order valence-corrected chi connectivity index (χ1v) is 11.2. The number of methoxy groups -OCH3 is 2. The fraction of sp³-hybridized carbons (Fsp3) is 0.296. The summed E-state index contributed by atoms with van der Waals surface area (Å²) in [6, 6.07) is 14.9. The van der Waals surface area contributed by atoms with Crippen LogP contribution in [0.15, 0.2) is 70.9 Å². The molecule has 0 radical (unpaired) electrons. The van der Waals surface area contributed by atoms with Crippen molar-refractivity contribution in [3.63, 3.8) is 0 Å². The lowest BCUT2D eigenvalue weighted by atomic mass is 10.1. The Hall–Kier alpha value is -3.87. The first-order chi connectivity index (χ1) is 16.3. The molecule has 0 aliphatic heterocycles. The number of ether oxygens (including phenoxy) is 2. The molecule has 2 aromatic carbocycles. The van der Waals surface area contributed by atoms with Gasteiger partial charge >= 0.3 is 6.03 Å². The summed E-state index contributed by atoms with van der Waals surface area (Å²) in [5.41, 5.74) is 8.53. The summed E-state index contributed by atoms with van der Waals surface area (Å²) in [6.07, 6.45) is 7.65. The summed E-state index contributed by atoms with van der Waals surface area (Å²) in [5, 5.41) is 8.50. The Labute approximate surface area is 202 Å². The van der Waals surface area contributed by atoms with Gasteiger partial charge in [-0.15, -0.1) is 0 Å². The van der Waals surface area contributed by atoms with E-state index in [-0.39, 0.29) is 11.8 Å². The SMILES string of the molecule is COc1ccc(/C=C/C(=N\NC(=O)N/N=C(\C=C\c2ccc(OC)cc2)C(C)C)C(C)C)cc1. The number of hydrazone groups is 2. The number of benzene rings is 2. The van der Waals surface area contributed by atoms with Crippen molar-refractivity contribution in [1.82, 2.24) is 10.9 Å². The molecule has 2 rings (SSSR count). The lowest BCUT2D eigenvalue weighted by Gasteiger charge is -2.08. The summed E-state index contributed by atoms with van der Waals surface area (Å²) >= 11 is 0. The minimum atomic E-state index is -0.507. The van der Waals surface area contributed by atoms with E-state index in [9.17, 15) is 4.79 Å². The van der Waals surface area contributed by atoms with Gasteiger partial charge in [-0.1, -0.05) is 64.1 Å². The highest BCUT2D eigenvalue weighted by Gasteiger charge is 2.06. The Morgan fingerprint density at radius 1 is 0.706 bits per heavy atom. The van der Waals surface area contributed by atoms with Crippen LogP contribution in [0.2, 0.25) is 0 Å². The molecule has 0 bridgehead atoms. The van der Waals surface area contributed by atoms with Crippen molar-refractivity contribution in [1.29, 1.82) is 0 Å². The number of hydrogen-bond acceptors (Lipinski definition) is 5. The van der Waals surface area contributed by atoms with Crippen LogP contribution in [-0.4, -0.2) is 31.7 Å². The molecule has 34 heavy (non-hydrogen) atoms. The van der Waals surface area contributed by atoms with E-state index in [1.807, 2.05) is 101 Å². The Bertz CT molecular complexity index is 951. The third kappa shape index (κ3) is 8.94. The minimum absolute atomic E-state index is 0.122. The van der Waals surface area contributed by atoms with E-state index in [4.69, 9.17) is 9.47 Å². The van der Waals surface area contributed by atoms with E-state index < -0.39 is 6.03 Å². The molecule has 0 saturated heterocycles. The van der Waals surface area contributed by atoms with Crippen LogP contribution in [0, 0.1) is 11.8 Å². The van der Waals surface area contributed by atoms with E-state index in [1.165, 1.54) is 0 Å². The molecule has 0 aromatic heterocycles. The Morgan fingerprint density at radius 2 is 1.06 bits per heavy atom. The highest BCUT2D eigenvalue weighted by atomic mass is 16.5. The Kier molecular flexibility index (Phi) is 10.6. The molecule has 0 aliphatic carbocycles. The van der Waals surface area contributed by atoms with Gasteiger partial charge in [-0.05, 0) is 59.4 Å². The number of rotatable bonds is 10.